The Kier molecular flexibility index (Phi) is 13.1. The van der Waals surface area contributed by atoms with Crippen LogP contribution in [0.25, 0.3) is 5.73 Å². The van der Waals surface area contributed by atoms with Crippen molar-refractivity contribution in [3.05, 3.63) is 35.6 Å². The quantitative estimate of drug-likeness (QED) is 0.342. The summed E-state index contributed by atoms with van der Waals surface area (Å²) in [5.41, 5.74) is 18.0. The number of hydrogen-bond acceptors (Lipinski definition) is 6. The van der Waals surface area contributed by atoms with Gasteiger partial charge in [0.2, 0.25) is 11.8 Å². The normalized spacial score (nSPS) is 13.6. The number of carbonyl (C=O) groups is 3. The Morgan fingerprint density at radius 2 is 1.81 bits per heavy atom. The van der Waals surface area contributed by atoms with Crippen molar-refractivity contribution in [3.63, 3.8) is 0 Å². The number of benzene rings is 1. The van der Waals surface area contributed by atoms with E-state index >= 15 is 0 Å². The maximum Gasteiger partial charge on any atom is 0.326 e. The van der Waals surface area contributed by atoms with Crippen molar-refractivity contribution in [1.82, 2.24) is 5.32 Å². The molecular weight excluding hydrogens is 404 g/mol. The first-order valence-corrected chi connectivity index (χ1v) is 10.0. The molecule has 10 nitrogen and oxygen atoms in total. The van der Waals surface area contributed by atoms with Gasteiger partial charge in [0.05, 0.1) is 12.1 Å². The number of nitrogens with one attached hydrogen (secondary N) is 2. The van der Waals surface area contributed by atoms with E-state index in [1.165, 1.54) is 6.07 Å². The van der Waals surface area contributed by atoms with Gasteiger partial charge in [0.1, 0.15) is 18.4 Å². The maximum atomic E-state index is 11.6. The van der Waals surface area contributed by atoms with Crippen molar-refractivity contribution in [3.8, 4) is 5.75 Å². The largest absolute Gasteiger partial charge is 0.675 e. The zero-order valence-corrected chi connectivity index (χ0v) is 18.5. The van der Waals surface area contributed by atoms with Gasteiger partial charge in [-0.3, -0.25) is 9.59 Å². The monoisotopic (exact) mass is 439 g/mol. The minimum atomic E-state index is -1.03. The molecule has 176 valence electrons. The lowest BCUT2D eigenvalue weighted by atomic mass is 10.0. The number of carboxylic acid groups (broad SMARTS) is 1. The zero-order chi connectivity index (χ0) is 24.1. The van der Waals surface area contributed by atoms with Crippen LogP contribution in [0.5, 0.6) is 5.75 Å². The van der Waals surface area contributed by atoms with E-state index in [-0.39, 0.29) is 19.1 Å². The van der Waals surface area contributed by atoms with Gasteiger partial charge >= 0.3 is 5.97 Å². The van der Waals surface area contributed by atoms with Crippen LogP contribution < -0.4 is 21.5 Å². The van der Waals surface area contributed by atoms with Gasteiger partial charge in [-0.05, 0) is 36.5 Å². The van der Waals surface area contributed by atoms with E-state index in [9.17, 15) is 14.4 Å². The number of hydrogen-bond donors (Lipinski definition) is 5. The van der Waals surface area contributed by atoms with Crippen LogP contribution in [0.3, 0.4) is 0 Å². The molecule has 0 aliphatic heterocycles. The summed E-state index contributed by atoms with van der Waals surface area (Å²) < 4.78 is 5.17. The number of amides is 2. The molecule has 8 N–H and O–H groups in total. The number of carbonyl (C=O) groups excluding carboxylic acids is 2. The third-order valence-corrected chi connectivity index (χ3v) is 4.09. The Hall–Kier alpha value is -2.69. The molecule has 0 heterocycles. The summed E-state index contributed by atoms with van der Waals surface area (Å²) in [7, 11) is 0. The van der Waals surface area contributed by atoms with Gasteiger partial charge in [-0.25, -0.2) is 4.79 Å². The second-order valence-corrected chi connectivity index (χ2v) is 7.87. The van der Waals surface area contributed by atoms with Crippen LogP contribution in [-0.4, -0.2) is 59.3 Å². The molecule has 1 rings (SSSR count). The third-order valence-electron chi connectivity index (χ3n) is 4.09. The fourth-order valence-electron chi connectivity index (χ4n) is 2.38. The van der Waals surface area contributed by atoms with Gasteiger partial charge in [0.25, 0.3) is 0 Å². The molecule has 0 aliphatic carbocycles. The lowest BCUT2D eigenvalue weighted by Gasteiger charge is -2.21. The SMILES string of the molecule is CC(C)C[C@H](N)C(=O)N[C@H](C(=O)O)C(C)C.[NH-]CC(O)COc1cccc(C(N)=O)c1. The lowest BCUT2D eigenvalue weighted by molar-refractivity contribution is -0.143. The summed E-state index contributed by atoms with van der Waals surface area (Å²) in [5, 5.41) is 20.5. The van der Waals surface area contributed by atoms with Crippen LogP contribution in [0.2, 0.25) is 0 Å². The molecule has 0 fully saturated rings. The Morgan fingerprint density at radius 1 is 1.19 bits per heavy atom. The molecule has 1 aromatic carbocycles. The van der Waals surface area contributed by atoms with Crippen LogP contribution in [-0.2, 0) is 9.59 Å². The van der Waals surface area contributed by atoms with Crippen molar-refractivity contribution < 1.29 is 29.3 Å². The fraction of sp³-hybridized carbons (Fsp3) is 0.571. The number of ether oxygens (including phenoxy) is 1. The van der Waals surface area contributed by atoms with Gasteiger partial charge in [-0.15, -0.1) is 6.54 Å². The first-order chi connectivity index (χ1) is 14.4. The van der Waals surface area contributed by atoms with E-state index in [0.717, 1.165) is 0 Å². The van der Waals surface area contributed by atoms with Crippen molar-refractivity contribution >= 4 is 17.8 Å². The van der Waals surface area contributed by atoms with Crippen molar-refractivity contribution in [1.29, 1.82) is 0 Å². The predicted octanol–water partition coefficient (Wildman–Crippen LogP) is 1.16. The van der Waals surface area contributed by atoms with Crippen molar-refractivity contribution in [2.24, 2.45) is 23.3 Å². The van der Waals surface area contributed by atoms with E-state index in [4.69, 9.17) is 32.2 Å². The topological polar surface area (TPSA) is 189 Å². The average molecular weight is 440 g/mol. The molecule has 1 unspecified atom stereocenters. The molecule has 2 amide bonds. The minimum Gasteiger partial charge on any atom is -0.675 e. The Morgan fingerprint density at radius 3 is 2.26 bits per heavy atom. The lowest BCUT2D eigenvalue weighted by Crippen LogP contribution is -2.50. The highest BCUT2D eigenvalue weighted by Gasteiger charge is 2.26. The molecule has 0 bridgehead atoms. The third kappa shape index (κ3) is 11.9. The van der Waals surface area contributed by atoms with E-state index in [1.54, 1.807) is 32.0 Å². The van der Waals surface area contributed by atoms with Gasteiger partial charge in [-0.2, -0.15) is 0 Å². The predicted molar refractivity (Wildman–Crippen MR) is 117 cm³/mol. The van der Waals surface area contributed by atoms with Crippen LogP contribution >= 0.6 is 0 Å². The molecule has 0 aliphatic rings. The molecule has 10 heteroatoms. The smallest absolute Gasteiger partial charge is 0.326 e. The summed E-state index contributed by atoms with van der Waals surface area (Å²) in [6.45, 7) is 7.33. The molecule has 0 aromatic heterocycles. The van der Waals surface area contributed by atoms with Crippen LogP contribution in [0.15, 0.2) is 24.3 Å². The second kappa shape index (κ2) is 14.3. The molecule has 0 spiro atoms. The van der Waals surface area contributed by atoms with E-state index < -0.39 is 36.0 Å². The molecule has 1 aromatic rings. The Labute approximate surface area is 183 Å². The first kappa shape index (κ1) is 28.3. The summed E-state index contributed by atoms with van der Waals surface area (Å²) in [5.74, 6) is -1.34. The molecule has 0 saturated carbocycles. The number of carboxylic acids is 1. The van der Waals surface area contributed by atoms with Crippen molar-refractivity contribution in [2.75, 3.05) is 13.2 Å². The number of primary amides is 1. The Balaban J connectivity index is 0.000000581. The minimum absolute atomic E-state index is 0.0334. The first-order valence-electron chi connectivity index (χ1n) is 10.0. The molecule has 0 radical (unpaired) electrons. The summed E-state index contributed by atoms with van der Waals surface area (Å²) in [4.78, 5) is 33.3. The molecule has 31 heavy (non-hydrogen) atoms. The summed E-state index contributed by atoms with van der Waals surface area (Å²) in [6.07, 6.45) is -0.266. The number of rotatable bonds is 11. The highest BCUT2D eigenvalue weighted by molar-refractivity contribution is 5.93. The number of aliphatic hydroxyl groups is 1. The standard InChI is InChI=1S/C11H22N2O3.C10H13N2O3/c1-6(2)5-8(12)10(14)13-9(7(3)4)11(15)16;11-5-8(13)6-15-9-3-1-2-7(4-9)10(12)14/h6-9H,5,12H2,1-4H3,(H,13,14)(H,15,16);1-4,8,11,13H,5-6H2,(H2,12,14)/q;-1/t8-,9-;/m0./s1. The number of nitrogens with two attached hydrogens (primary N) is 2. The van der Waals surface area contributed by atoms with Gasteiger partial charge in [-0.1, -0.05) is 33.8 Å². The molecule has 0 saturated heterocycles. The molecule has 3 atom stereocenters. The highest BCUT2D eigenvalue weighted by Crippen LogP contribution is 2.13. The maximum absolute atomic E-state index is 11.6. The average Bonchev–Trinajstić information content (AvgIpc) is 2.69. The van der Waals surface area contributed by atoms with Gasteiger partial charge < -0.3 is 37.5 Å². The van der Waals surface area contributed by atoms with Crippen LogP contribution in [0, 0.1) is 11.8 Å². The zero-order valence-electron chi connectivity index (χ0n) is 18.5. The molecular formula is C21H35N4O6-. The van der Waals surface area contributed by atoms with E-state index in [0.29, 0.717) is 23.7 Å². The summed E-state index contributed by atoms with van der Waals surface area (Å²) >= 11 is 0. The van der Waals surface area contributed by atoms with Gasteiger partial charge in [0.15, 0.2) is 0 Å². The Bertz CT molecular complexity index is 711. The fourth-order valence-corrected chi connectivity index (χ4v) is 2.38. The van der Waals surface area contributed by atoms with Crippen LogP contribution in [0.4, 0.5) is 0 Å². The van der Waals surface area contributed by atoms with E-state index in [1.807, 2.05) is 13.8 Å². The summed E-state index contributed by atoms with van der Waals surface area (Å²) in [6, 6.07) is 4.87. The number of aliphatic carboxylic acids is 1. The van der Waals surface area contributed by atoms with Crippen molar-refractivity contribution in [2.45, 2.75) is 52.3 Å². The van der Waals surface area contributed by atoms with E-state index in [2.05, 4.69) is 5.32 Å². The highest BCUT2D eigenvalue weighted by atomic mass is 16.5. The second-order valence-electron chi connectivity index (χ2n) is 7.87. The van der Waals surface area contributed by atoms with Gasteiger partial charge in [0, 0.05) is 5.56 Å². The number of aliphatic hydroxyl groups excluding tert-OH is 1. The van der Waals surface area contributed by atoms with Crippen LogP contribution in [0.1, 0.15) is 44.5 Å².